The van der Waals surface area contributed by atoms with E-state index in [1.54, 1.807) is 6.92 Å². The molecule has 6 heteroatoms. The van der Waals surface area contributed by atoms with Crippen LogP contribution in [0.4, 0.5) is 0 Å². The summed E-state index contributed by atoms with van der Waals surface area (Å²) in [4.78, 5) is 23.3. The molecule has 1 aromatic carbocycles. The average molecular weight is 302 g/mol. The monoisotopic (exact) mass is 301 g/mol. The van der Waals surface area contributed by atoms with E-state index in [1.807, 2.05) is 30.3 Å². The van der Waals surface area contributed by atoms with Crippen LogP contribution in [0.15, 0.2) is 30.3 Å². The van der Waals surface area contributed by atoms with E-state index >= 15 is 0 Å². The Labute approximate surface area is 124 Å². The molecule has 0 saturated carbocycles. The second-order valence-electron chi connectivity index (χ2n) is 4.16. The molecule has 0 amide bonds. The fraction of sp³-hybridized carbons (Fsp3) is 0.429. The lowest BCUT2D eigenvalue weighted by molar-refractivity contribution is -0.414. The Morgan fingerprint density at radius 1 is 1.25 bits per heavy atom. The van der Waals surface area contributed by atoms with E-state index in [0.29, 0.717) is 6.61 Å². The van der Waals surface area contributed by atoms with E-state index in [-0.39, 0.29) is 30.7 Å². The minimum atomic E-state index is -0.638. The van der Waals surface area contributed by atoms with Crippen LogP contribution in [0.25, 0.3) is 0 Å². The summed E-state index contributed by atoms with van der Waals surface area (Å²) >= 11 is 0. The third kappa shape index (κ3) is 5.19. The Morgan fingerprint density at radius 2 is 1.85 bits per heavy atom. The average Bonchev–Trinajstić information content (AvgIpc) is 2.44. The van der Waals surface area contributed by atoms with Gasteiger partial charge in [-0.3, -0.25) is 4.79 Å². The molecule has 0 bridgehead atoms. The zero-order chi connectivity index (χ0) is 14.3. The summed E-state index contributed by atoms with van der Waals surface area (Å²) < 4.78 is 9.64. The second-order valence-corrected chi connectivity index (χ2v) is 4.16. The molecule has 0 heterocycles. The molecular weight excluding hydrogens is 282 g/mol. The predicted molar refractivity (Wildman–Crippen MR) is 69.1 cm³/mol. The second kappa shape index (κ2) is 9.34. The number of carbonyl (C=O) groups is 2. The highest BCUT2D eigenvalue weighted by atomic mass is 35.5. The normalized spacial score (nSPS) is 12.8. The summed E-state index contributed by atoms with van der Waals surface area (Å²) in [5.74, 6) is -1.11. The number of halogens is 1. The summed E-state index contributed by atoms with van der Waals surface area (Å²) in [6.45, 7) is 2.03. The van der Waals surface area contributed by atoms with Gasteiger partial charge in [-0.25, -0.2) is 4.79 Å². The van der Waals surface area contributed by atoms with Gasteiger partial charge in [0.2, 0.25) is 0 Å². The SMILES string of the molecule is CCOC(=O)C([NH3+])C(CC(=O)OC)c1ccccc1.[Cl-]. The molecule has 0 fully saturated rings. The fourth-order valence-corrected chi connectivity index (χ4v) is 1.87. The van der Waals surface area contributed by atoms with Crippen molar-refractivity contribution in [2.75, 3.05) is 13.7 Å². The highest BCUT2D eigenvalue weighted by Gasteiger charge is 2.32. The van der Waals surface area contributed by atoms with Gasteiger partial charge >= 0.3 is 11.9 Å². The van der Waals surface area contributed by atoms with Crippen molar-refractivity contribution in [1.82, 2.24) is 0 Å². The minimum Gasteiger partial charge on any atom is -1.00 e. The van der Waals surface area contributed by atoms with Gasteiger partial charge in [-0.05, 0) is 12.5 Å². The number of ether oxygens (including phenoxy) is 2. The summed E-state index contributed by atoms with van der Waals surface area (Å²) in [6, 6.07) is 8.69. The fourth-order valence-electron chi connectivity index (χ4n) is 1.87. The Hall–Kier alpha value is -1.59. The number of hydrogen-bond acceptors (Lipinski definition) is 4. The lowest BCUT2D eigenvalue weighted by Gasteiger charge is -2.19. The molecule has 0 spiro atoms. The van der Waals surface area contributed by atoms with Gasteiger partial charge < -0.3 is 27.6 Å². The van der Waals surface area contributed by atoms with Gasteiger partial charge in [0.1, 0.15) is 0 Å². The summed E-state index contributed by atoms with van der Waals surface area (Å²) in [5, 5.41) is 0. The van der Waals surface area contributed by atoms with E-state index in [4.69, 9.17) is 4.74 Å². The first-order valence-corrected chi connectivity index (χ1v) is 6.21. The summed E-state index contributed by atoms with van der Waals surface area (Å²) in [5.41, 5.74) is 4.71. The number of carbonyl (C=O) groups excluding carboxylic acids is 2. The quantitative estimate of drug-likeness (QED) is 0.590. The molecule has 2 unspecified atom stereocenters. The molecule has 0 aliphatic carbocycles. The number of esters is 2. The third-order valence-electron chi connectivity index (χ3n) is 2.92. The first-order chi connectivity index (χ1) is 9.10. The molecule has 112 valence electrons. The topological polar surface area (TPSA) is 80.2 Å². The Morgan fingerprint density at radius 3 is 2.35 bits per heavy atom. The number of benzene rings is 1. The molecule has 0 aliphatic heterocycles. The molecule has 0 aromatic heterocycles. The molecule has 5 nitrogen and oxygen atoms in total. The molecule has 20 heavy (non-hydrogen) atoms. The van der Waals surface area contributed by atoms with Crippen molar-refractivity contribution in [2.24, 2.45) is 0 Å². The van der Waals surface area contributed by atoms with Gasteiger partial charge in [0, 0.05) is 0 Å². The minimum absolute atomic E-state index is 0. The van der Waals surface area contributed by atoms with E-state index in [2.05, 4.69) is 10.5 Å². The van der Waals surface area contributed by atoms with Crippen molar-refractivity contribution in [1.29, 1.82) is 0 Å². The first-order valence-electron chi connectivity index (χ1n) is 6.21. The van der Waals surface area contributed by atoms with Gasteiger partial charge in [-0.1, -0.05) is 30.3 Å². The molecule has 0 radical (unpaired) electrons. The number of rotatable bonds is 6. The maximum Gasteiger partial charge on any atom is 0.365 e. The Balaban J connectivity index is 0.00000361. The lowest BCUT2D eigenvalue weighted by Crippen LogP contribution is -3.00. The largest absolute Gasteiger partial charge is 1.00 e. The predicted octanol–water partition coefficient (Wildman–Crippen LogP) is -2.49. The van der Waals surface area contributed by atoms with E-state index in [1.165, 1.54) is 7.11 Å². The lowest BCUT2D eigenvalue weighted by atomic mass is 9.89. The highest BCUT2D eigenvalue weighted by molar-refractivity contribution is 5.78. The van der Waals surface area contributed by atoms with Crippen molar-refractivity contribution in [3.63, 3.8) is 0 Å². The van der Waals surface area contributed by atoms with Crippen LogP contribution in [0.2, 0.25) is 0 Å². The smallest absolute Gasteiger partial charge is 0.365 e. The summed E-state index contributed by atoms with van der Waals surface area (Å²) in [6.07, 6.45) is 0.105. The molecule has 1 rings (SSSR count). The Kier molecular flexibility index (Phi) is 8.59. The maximum atomic E-state index is 11.8. The molecule has 3 N–H and O–H groups in total. The van der Waals surface area contributed by atoms with E-state index in [0.717, 1.165) is 5.56 Å². The van der Waals surface area contributed by atoms with Crippen LogP contribution in [-0.4, -0.2) is 31.7 Å². The van der Waals surface area contributed by atoms with Crippen LogP contribution < -0.4 is 18.1 Å². The molecule has 0 saturated heterocycles. The number of quaternary nitrogens is 1. The molecule has 2 atom stereocenters. The zero-order valence-corrected chi connectivity index (χ0v) is 12.4. The van der Waals surface area contributed by atoms with Crippen molar-refractivity contribution >= 4 is 11.9 Å². The van der Waals surface area contributed by atoms with Crippen molar-refractivity contribution < 1.29 is 37.2 Å². The summed E-state index contributed by atoms with van der Waals surface area (Å²) in [7, 11) is 1.33. The van der Waals surface area contributed by atoms with E-state index < -0.39 is 12.0 Å². The molecular formula is C14H20ClNO4. The van der Waals surface area contributed by atoms with Gasteiger partial charge in [0.15, 0.2) is 6.04 Å². The number of methoxy groups -OCH3 is 1. The Bertz CT molecular complexity index is 424. The maximum absolute atomic E-state index is 11.8. The van der Waals surface area contributed by atoms with Crippen molar-refractivity contribution in [3.8, 4) is 0 Å². The van der Waals surface area contributed by atoms with Crippen LogP contribution in [0.5, 0.6) is 0 Å². The highest BCUT2D eigenvalue weighted by Crippen LogP contribution is 2.23. The van der Waals surface area contributed by atoms with Crippen LogP contribution in [-0.2, 0) is 19.1 Å². The van der Waals surface area contributed by atoms with Gasteiger partial charge in [0.05, 0.1) is 26.1 Å². The van der Waals surface area contributed by atoms with Crippen molar-refractivity contribution in [2.45, 2.75) is 25.3 Å². The van der Waals surface area contributed by atoms with Gasteiger partial charge in [-0.2, -0.15) is 0 Å². The van der Waals surface area contributed by atoms with Gasteiger partial charge in [-0.15, -0.1) is 0 Å². The van der Waals surface area contributed by atoms with E-state index in [9.17, 15) is 9.59 Å². The molecule has 1 aromatic rings. The molecule has 0 aliphatic rings. The van der Waals surface area contributed by atoms with Crippen LogP contribution in [0.1, 0.15) is 24.8 Å². The van der Waals surface area contributed by atoms with Crippen LogP contribution in [0.3, 0.4) is 0 Å². The zero-order valence-electron chi connectivity index (χ0n) is 11.7. The van der Waals surface area contributed by atoms with Crippen LogP contribution in [0, 0.1) is 0 Å². The third-order valence-corrected chi connectivity index (χ3v) is 2.92. The van der Waals surface area contributed by atoms with Crippen molar-refractivity contribution in [3.05, 3.63) is 35.9 Å². The standard InChI is InChI=1S/C14H19NO4.ClH/c1-3-19-14(17)13(15)11(9-12(16)18-2)10-7-5-4-6-8-10;/h4-8,11,13H,3,9,15H2,1-2H3;1H. The van der Waals surface area contributed by atoms with Crippen LogP contribution >= 0.6 is 0 Å². The number of hydrogen-bond donors (Lipinski definition) is 1. The van der Waals surface area contributed by atoms with Gasteiger partial charge in [0.25, 0.3) is 0 Å². The first kappa shape index (κ1) is 18.4.